The van der Waals surface area contributed by atoms with Crippen LogP contribution in [0.1, 0.15) is 11.1 Å². The van der Waals surface area contributed by atoms with E-state index in [4.69, 9.17) is 4.98 Å². The molecule has 3 aromatic rings. The van der Waals surface area contributed by atoms with Crippen molar-refractivity contribution in [3.8, 4) is 0 Å². The number of hydrogen-bond acceptors (Lipinski definition) is 2. The van der Waals surface area contributed by atoms with Crippen LogP contribution in [-0.4, -0.2) is 12.0 Å². The van der Waals surface area contributed by atoms with E-state index in [9.17, 15) is 0 Å². The highest BCUT2D eigenvalue weighted by atomic mass is 79.9. The fourth-order valence-corrected chi connectivity index (χ4v) is 2.84. The first-order chi connectivity index (χ1) is 10.2. The number of para-hydroxylation sites is 1. The Bertz CT molecular complexity index is 766. The number of pyridine rings is 1. The van der Waals surface area contributed by atoms with Crippen molar-refractivity contribution < 1.29 is 0 Å². The number of aromatic nitrogens is 1. The topological polar surface area (TPSA) is 16.1 Å². The lowest BCUT2D eigenvalue weighted by Gasteiger charge is -2.21. The third kappa shape index (κ3) is 2.79. The van der Waals surface area contributed by atoms with Gasteiger partial charge in [0, 0.05) is 29.0 Å². The molecule has 0 spiro atoms. The normalized spacial score (nSPS) is 10.8. The number of aryl methyl sites for hydroxylation is 1. The van der Waals surface area contributed by atoms with Gasteiger partial charge in [0.05, 0.1) is 5.52 Å². The number of alkyl halides is 1. The predicted octanol–water partition coefficient (Wildman–Crippen LogP) is 5.21. The Labute approximate surface area is 133 Å². The van der Waals surface area contributed by atoms with Crippen LogP contribution >= 0.6 is 15.9 Å². The molecule has 2 nitrogen and oxygen atoms in total. The quantitative estimate of drug-likeness (QED) is 0.608. The van der Waals surface area contributed by atoms with E-state index in [1.54, 1.807) is 0 Å². The molecule has 2 aromatic carbocycles. The Kier molecular flexibility index (Phi) is 3.93. The van der Waals surface area contributed by atoms with Gasteiger partial charge in [-0.15, -0.1) is 0 Å². The summed E-state index contributed by atoms with van der Waals surface area (Å²) in [5.74, 6) is 0.995. The van der Waals surface area contributed by atoms with Gasteiger partial charge >= 0.3 is 0 Å². The van der Waals surface area contributed by atoms with Gasteiger partial charge in [-0.3, -0.25) is 0 Å². The molecule has 0 saturated carbocycles. The fraction of sp³-hybridized carbons (Fsp3) is 0.167. The Morgan fingerprint density at radius 1 is 1.05 bits per heavy atom. The average Bonchev–Trinajstić information content (AvgIpc) is 2.53. The second-order valence-electron chi connectivity index (χ2n) is 5.19. The van der Waals surface area contributed by atoms with Crippen molar-refractivity contribution in [1.29, 1.82) is 0 Å². The smallest absolute Gasteiger partial charge is 0.137 e. The monoisotopic (exact) mass is 340 g/mol. The first-order valence-corrected chi connectivity index (χ1v) is 8.06. The minimum absolute atomic E-state index is 0.788. The van der Waals surface area contributed by atoms with Crippen LogP contribution in [-0.2, 0) is 5.33 Å². The van der Waals surface area contributed by atoms with Gasteiger partial charge in [-0.25, -0.2) is 4.98 Å². The first kappa shape index (κ1) is 14.1. The highest BCUT2D eigenvalue weighted by Gasteiger charge is 2.12. The Balaban J connectivity index is 2.11. The van der Waals surface area contributed by atoms with E-state index in [-0.39, 0.29) is 0 Å². The van der Waals surface area contributed by atoms with E-state index in [1.807, 2.05) is 12.1 Å². The molecule has 0 bridgehead atoms. The third-order valence-electron chi connectivity index (χ3n) is 3.66. The summed E-state index contributed by atoms with van der Waals surface area (Å²) in [4.78, 5) is 6.98. The predicted molar refractivity (Wildman–Crippen MR) is 93.6 cm³/mol. The van der Waals surface area contributed by atoms with E-state index in [0.29, 0.717) is 0 Å². The molecule has 1 aromatic heterocycles. The molecule has 0 unspecified atom stereocenters. The lowest BCUT2D eigenvalue weighted by molar-refractivity contribution is 1.12. The minimum atomic E-state index is 0.788. The highest BCUT2D eigenvalue weighted by molar-refractivity contribution is 9.08. The van der Waals surface area contributed by atoms with Crippen molar-refractivity contribution in [2.45, 2.75) is 12.3 Å². The fourth-order valence-electron chi connectivity index (χ4n) is 2.43. The molecular weight excluding hydrogens is 324 g/mol. The molecule has 0 aliphatic heterocycles. The Hall–Kier alpha value is -1.87. The van der Waals surface area contributed by atoms with Gasteiger partial charge in [0.1, 0.15) is 5.82 Å². The van der Waals surface area contributed by atoms with Crippen LogP contribution in [0, 0.1) is 6.92 Å². The summed E-state index contributed by atoms with van der Waals surface area (Å²) in [6.07, 6.45) is 0. The summed E-state index contributed by atoms with van der Waals surface area (Å²) < 4.78 is 0. The van der Waals surface area contributed by atoms with Gasteiger partial charge in [0.15, 0.2) is 0 Å². The number of fused-ring (bicyclic) bond motifs is 1. The lowest BCUT2D eigenvalue weighted by Crippen LogP contribution is -2.13. The van der Waals surface area contributed by atoms with E-state index in [2.05, 4.69) is 77.3 Å². The van der Waals surface area contributed by atoms with Crippen LogP contribution in [0.2, 0.25) is 0 Å². The van der Waals surface area contributed by atoms with Crippen molar-refractivity contribution in [3.05, 3.63) is 65.7 Å². The Morgan fingerprint density at radius 2 is 1.76 bits per heavy atom. The number of benzene rings is 2. The molecule has 0 aliphatic rings. The molecule has 0 amide bonds. The zero-order valence-electron chi connectivity index (χ0n) is 12.2. The van der Waals surface area contributed by atoms with Crippen molar-refractivity contribution >= 4 is 38.3 Å². The second-order valence-corrected chi connectivity index (χ2v) is 5.75. The van der Waals surface area contributed by atoms with Crippen molar-refractivity contribution in [2.75, 3.05) is 11.9 Å². The van der Waals surface area contributed by atoms with E-state index in [0.717, 1.165) is 22.4 Å². The van der Waals surface area contributed by atoms with E-state index in [1.165, 1.54) is 16.5 Å². The molecule has 3 heteroatoms. The summed E-state index contributed by atoms with van der Waals surface area (Å²) in [6.45, 7) is 2.10. The van der Waals surface area contributed by atoms with Gasteiger partial charge in [-0.05, 0) is 31.2 Å². The number of rotatable bonds is 3. The van der Waals surface area contributed by atoms with E-state index >= 15 is 0 Å². The largest absolute Gasteiger partial charge is 0.329 e. The van der Waals surface area contributed by atoms with Gasteiger partial charge in [-0.2, -0.15) is 0 Å². The van der Waals surface area contributed by atoms with Crippen LogP contribution < -0.4 is 4.90 Å². The molecule has 0 atom stereocenters. The Morgan fingerprint density at radius 3 is 2.48 bits per heavy atom. The molecule has 0 aliphatic carbocycles. The molecule has 1 heterocycles. The SMILES string of the molecule is Cc1ccc(N(C)c2nc3ccccc3cc2CBr)cc1. The second kappa shape index (κ2) is 5.86. The van der Waals surface area contributed by atoms with Gasteiger partial charge in [0.2, 0.25) is 0 Å². The van der Waals surface area contributed by atoms with Crippen LogP contribution in [0.3, 0.4) is 0 Å². The summed E-state index contributed by atoms with van der Waals surface area (Å²) in [5, 5.41) is 1.96. The number of halogens is 1. The summed E-state index contributed by atoms with van der Waals surface area (Å²) >= 11 is 3.58. The maximum absolute atomic E-state index is 4.84. The van der Waals surface area contributed by atoms with Crippen molar-refractivity contribution in [2.24, 2.45) is 0 Å². The van der Waals surface area contributed by atoms with Crippen LogP contribution in [0.4, 0.5) is 11.5 Å². The molecule has 21 heavy (non-hydrogen) atoms. The summed E-state index contributed by atoms with van der Waals surface area (Å²) in [6, 6.07) is 18.9. The maximum atomic E-state index is 4.84. The lowest BCUT2D eigenvalue weighted by atomic mass is 10.1. The molecule has 0 N–H and O–H groups in total. The molecular formula is C18H17BrN2. The molecule has 0 saturated heterocycles. The summed E-state index contributed by atoms with van der Waals surface area (Å²) in [5.41, 5.74) is 4.62. The van der Waals surface area contributed by atoms with Gasteiger partial charge < -0.3 is 4.90 Å². The van der Waals surface area contributed by atoms with Crippen LogP contribution in [0.5, 0.6) is 0 Å². The number of anilines is 2. The number of hydrogen-bond donors (Lipinski definition) is 0. The van der Waals surface area contributed by atoms with Gasteiger partial charge in [0.25, 0.3) is 0 Å². The molecule has 0 radical (unpaired) electrons. The van der Waals surface area contributed by atoms with Crippen LogP contribution in [0.15, 0.2) is 54.6 Å². The third-order valence-corrected chi connectivity index (χ3v) is 4.27. The van der Waals surface area contributed by atoms with Crippen molar-refractivity contribution in [3.63, 3.8) is 0 Å². The maximum Gasteiger partial charge on any atom is 0.137 e. The molecule has 0 fully saturated rings. The number of nitrogens with zero attached hydrogens (tertiary/aromatic N) is 2. The zero-order valence-corrected chi connectivity index (χ0v) is 13.8. The van der Waals surface area contributed by atoms with Crippen molar-refractivity contribution in [1.82, 2.24) is 4.98 Å². The van der Waals surface area contributed by atoms with E-state index < -0.39 is 0 Å². The highest BCUT2D eigenvalue weighted by Crippen LogP contribution is 2.29. The van der Waals surface area contributed by atoms with Gasteiger partial charge in [-0.1, -0.05) is 51.8 Å². The molecule has 3 rings (SSSR count). The summed E-state index contributed by atoms with van der Waals surface area (Å²) in [7, 11) is 2.06. The zero-order chi connectivity index (χ0) is 14.8. The van der Waals surface area contributed by atoms with Crippen LogP contribution in [0.25, 0.3) is 10.9 Å². The minimum Gasteiger partial charge on any atom is -0.329 e. The standard InChI is InChI=1S/C18H17BrN2/c1-13-7-9-16(10-8-13)21(2)18-15(12-19)11-14-5-3-4-6-17(14)20-18/h3-11H,12H2,1-2H3. The average molecular weight is 341 g/mol. The molecule has 106 valence electrons. The first-order valence-electron chi connectivity index (χ1n) is 6.94.